The summed E-state index contributed by atoms with van der Waals surface area (Å²) in [6.45, 7) is 3.43. The van der Waals surface area contributed by atoms with Crippen LogP contribution in [0, 0.1) is 11.6 Å². The maximum absolute atomic E-state index is 15.1. The first-order valence-corrected chi connectivity index (χ1v) is 17.8. The van der Waals surface area contributed by atoms with Crippen LogP contribution in [0.3, 0.4) is 0 Å². The first kappa shape index (κ1) is 37.1. The standard InChI is InChI=1S/C40H39F2N5O5S/c1-4-43-39(49)44-28-15-13-27(14-16-28)36-32(23-45(2)21-22-51-3)35-37(48)47(29-17-19-30(20-18-29)52-25-26-9-6-5-7-10-26)40(50)46(38(35)53-36)24-31-33(41)11-8-12-34(31)42/h5-20H,4,21-25H2,1-3H3,(H2,43,44,49). The van der Waals surface area contributed by atoms with E-state index < -0.39 is 29.4 Å². The van der Waals surface area contributed by atoms with Crippen LogP contribution >= 0.6 is 11.3 Å². The average molecular weight is 740 g/mol. The number of halogens is 2. The molecule has 0 atom stereocenters. The molecule has 0 aliphatic heterocycles. The number of anilines is 1. The quantitative estimate of drug-likeness (QED) is 0.125. The van der Waals surface area contributed by atoms with E-state index in [2.05, 4.69) is 10.6 Å². The van der Waals surface area contributed by atoms with Crippen molar-refractivity contribution in [2.75, 3.05) is 39.2 Å². The molecule has 0 saturated heterocycles. The zero-order valence-electron chi connectivity index (χ0n) is 29.5. The molecule has 2 N–H and O–H groups in total. The molecule has 10 nitrogen and oxygen atoms in total. The summed E-state index contributed by atoms with van der Waals surface area (Å²) in [4.78, 5) is 44.2. The molecular weight excluding hydrogens is 701 g/mol. The number of amides is 2. The molecule has 0 radical (unpaired) electrons. The van der Waals surface area contributed by atoms with Gasteiger partial charge >= 0.3 is 11.7 Å². The highest BCUT2D eigenvalue weighted by atomic mass is 32.1. The van der Waals surface area contributed by atoms with Crippen molar-refractivity contribution < 1.29 is 23.0 Å². The number of carbonyl (C=O) groups is 1. The van der Waals surface area contributed by atoms with Crippen molar-refractivity contribution >= 4 is 33.3 Å². The average Bonchev–Trinajstić information content (AvgIpc) is 3.52. The third-order valence-electron chi connectivity index (χ3n) is 8.64. The second-order valence-corrected chi connectivity index (χ2v) is 13.4. The molecule has 0 saturated carbocycles. The van der Waals surface area contributed by atoms with Crippen LogP contribution in [0.4, 0.5) is 19.3 Å². The van der Waals surface area contributed by atoms with Gasteiger partial charge in [-0.1, -0.05) is 48.5 Å². The van der Waals surface area contributed by atoms with Gasteiger partial charge in [0.15, 0.2) is 0 Å². The van der Waals surface area contributed by atoms with E-state index in [1.54, 1.807) is 43.5 Å². The molecule has 0 aliphatic rings. The van der Waals surface area contributed by atoms with E-state index in [1.165, 1.54) is 22.0 Å². The predicted molar refractivity (Wildman–Crippen MR) is 204 cm³/mol. The fraction of sp³-hybridized carbons (Fsp3) is 0.225. The van der Waals surface area contributed by atoms with Crippen LogP contribution in [0.1, 0.15) is 23.6 Å². The number of carbonyl (C=O) groups excluding carboxylic acids is 1. The lowest BCUT2D eigenvalue weighted by molar-refractivity contribution is 0.159. The smallest absolute Gasteiger partial charge is 0.337 e. The van der Waals surface area contributed by atoms with E-state index in [-0.39, 0.29) is 27.5 Å². The summed E-state index contributed by atoms with van der Waals surface area (Å²) in [5.41, 5.74) is 1.54. The molecule has 0 fully saturated rings. The maximum Gasteiger partial charge on any atom is 0.337 e. The summed E-state index contributed by atoms with van der Waals surface area (Å²) < 4.78 is 43.8. The van der Waals surface area contributed by atoms with Gasteiger partial charge in [0.2, 0.25) is 0 Å². The number of likely N-dealkylation sites (N-methyl/N-ethyl adjacent to an activating group) is 1. The Morgan fingerprint density at radius 3 is 2.25 bits per heavy atom. The number of benzene rings is 4. The zero-order chi connectivity index (χ0) is 37.5. The number of hydrogen-bond acceptors (Lipinski definition) is 7. The van der Waals surface area contributed by atoms with Crippen molar-refractivity contribution in [3.8, 4) is 21.9 Å². The third kappa shape index (κ3) is 8.38. The summed E-state index contributed by atoms with van der Waals surface area (Å²) >= 11 is 1.19. The fourth-order valence-corrected chi connectivity index (χ4v) is 7.23. The van der Waals surface area contributed by atoms with Crippen LogP contribution in [0.25, 0.3) is 26.3 Å². The number of nitrogens with one attached hydrogen (secondary N) is 2. The van der Waals surface area contributed by atoms with Crippen molar-refractivity contribution in [1.82, 2.24) is 19.4 Å². The minimum atomic E-state index is -0.811. The molecular formula is C40H39F2N5O5S. The molecule has 53 heavy (non-hydrogen) atoms. The number of hydrogen-bond donors (Lipinski definition) is 2. The molecule has 0 aliphatic carbocycles. The predicted octanol–water partition coefficient (Wildman–Crippen LogP) is 7.01. The first-order chi connectivity index (χ1) is 25.7. The number of methoxy groups -OCH3 is 1. The Morgan fingerprint density at radius 2 is 1.58 bits per heavy atom. The van der Waals surface area contributed by atoms with Gasteiger partial charge < -0.3 is 20.1 Å². The van der Waals surface area contributed by atoms with E-state index >= 15 is 8.78 Å². The monoisotopic (exact) mass is 739 g/mol. The number of rotatable bonds is 14. The van der Waals surface area contributed by atoms with E-state index in [1.807, 2.05) is 61.3 Å². The Balaban J connectivity index is 1.52. The minimum Gasteiger partial charge on any atom is -0.489 e. The lowest BCUT2D eigenvalue weighted by Crippen LogP contribution is -2.39. The van der Waals surface area contributed by atoms with E-state index in [4.69, 9.17) is 9.47 Å². The van der Waals surface area contributed by atoms with Crippen LogP contribution in [0.5, 0.6) is 5.75 Å². The lowest BCUT2D eigenvalue weighted by atomic mass is 10.1. The second-order valence-electron chi connectivity index (χ2n) is 12.4. The number of urea groups is 1. The Bertz CT molecular complexity index is 2300. The summed E-state index contributed by atoms with van der Waals surface area (Å²) in [7, 11) is 3.50. The van der Waals surface area contributed by atoms with Crippen LogP contribution in [0.2, 0.25) is 0 Å². The molecule has 0 bridgehead atoms. The van der Waals surface area contributed by atoms with Gasteiger partial charge in [-0.05, 0) is 79.2 Å². The zero-order valence-corrected chi connectivity index (χ0v) is 30.3. The molecule has 2 heterocycles. The van der Waals surface area contributed by atoms with Crippen LogP contribution in [0.15, 0.2) is 107 Å². The highest BCUT2D eigenvalue weighted by Gasteiger charge is 2.26. The largest absolute Gasteiger partial charge is 0.489 e. The van der Waals surface area contributed by atoms with Gasteiger partial charge in [0.25, 0.3) is 5.56 Å². The summed E-state index contributed by atoms with van der Waals surface area (Å²) in [6.07, 6.45) is 0. The maximum atomic E-state index is 15.1. The number of aromatic nitrogens is 2. The topological polar surface area (TPSA) is 107 Å². The summed E-state index contributed by atoms with van der Waals surface area (Å²) in [6, 6.07) is 26.5. The van der Waals surface area contributed by atoms with Crippen LogP contribution in [-0.4, -0.2) is 53.9 Å². The number of nitrogens with zero attached hydrogens (tertiary/aromatic N) is 3. The van der Waals surface area contributed by atoms with Crippen molar-refractivity contribution in [2.45, 2.75) is 26.6 Å². The van der Waals surface area contributed by atoms with Gasteiger partial charge in [-0.25, -0.2) is 22.9 Å². The molecule has 4 aromatic carbocycles. The molecule has 13 heteroatoms. The fourth-order valence-electron chi connectivity index (χ4n) is 5.93. The van der Waals surface area contributed by atoms with Crippen molar-refractivity contribution in [3.05, 3.63) is 146 Å². The van der Waals surface area contributed by atoms with Gasteiger partial charge in [0.05, 0.1) is 24.2 Å². The van der Waals surface area contributed by atoms with Crippen molar-refractivity contribution in [1.29, 1.82) is 0 Å². The highest BCUT2D eigenvalue weighted by molar-refractivity contribution is 7.22. The number of fused-ring (bicyclic) bond motifs is 1. The number of ether oxygens (including phenoxy) is 2. The molecule has 2 aromatic heterocycles. The molecule has 274 valence electrons. The minimum absolute atomic E-state index is 0.250. The Hall–Kier alpha value is -5.63. The summed E-state index contributed by atoms with van der Waals surface area (Å²) in [5.74, 6) is -1.09. The highest BCUT2D eigenvalue weighted by Crippen LogP contribution is 2.38. The Morgan fingerprint density at radius 1 is 0.887 bits per heavy atom. The van der Waals surface area contributed by atoms with Crippen molar-refractivity contribution in [2.24, 2.45) is 0 Å². The molecule has 6 rings (SSSR count). The van der Waals surface area contributed by atoms with Gasteiger partial charge in [-0.15, -0.1) is 11.3 Å². The molecule has 2 amide bonds. The van der Waals surface area contributed by atoms with Gasteiger partial charge in [0, 0.05) is 42.9 Å². The van der Waals surface area contributed by atoms with E-state index in [0.29, 0.717) is 54.7 Å². The van der Waals surface area contributed by atoms with Crippen molar-refractivity contribution in [3.63, 3.8) is 0 Å². The van der Waals surface area contributed by atoms with E-state index in [9.17, 15) is 14.4 Å². The Labute approximate surface area is 308 Å². The number of thiophene rings is 1. The second kappa shape index (κ2) is 16.8. The first-order valence-electron chi connectivity index (χ1n) is 17.0. The SMILES string of the molecule is CCNC(=O)Nc1ccc(-c2sc3c(c2CN(C)CCOC)c(=O)n(-c2ccc(OCc4ccccc4)cc2)c(=O)n3Cc2c(F)cccc2F)cc1. The van der Waals surface area contributed by atoms with Crippen LogP contribution in [-0.2, 0) is 24.4 Å². The van der Waals surface area contributed by atoms with E-state index in [0.717, 1.165) is 27.8 Å². The third-order valence-corrected chi connectivity index (χ3v) is 9.95. The molecule has 0 spiro atoms. The van der Waals surface area contributed by atoms with Crippen LogP contribution < -0.4 is 26.6 Å². The molecule has 6 aromatic rings. The Kier molecular flexibility index (Phi) is 11.8. The van der Waals surface area contributed by atoms with Gasteiger partial charge in [-0.3, -0.25) is 14.3 Å². The summed E-state index contributed by atoms with van der Waals surface area (Å²) in [5, 5.41) is 5.72. The normalized spacial score (nSPS) is 11.3. The van der Waals surface area contributed by atoms with Gasteiger partial charge in [-0.2, -0.15) is 0 Å². The van der Waals surface area contributed by atoms with Gasteiger partial charge in [0.1, 0.15) is 28.8 Å². The lowest BCUT2D eigenvalue weighted by Gasteiger charge is -2.18. The molecule has 0 unspecified atom stereocenters.